The second kappa shape index (κ2) is 5.58. The minimum atomic E-state index is 0.139. The van der Waals surface area contributed by atoms with Gasteiger partial charge in [0.05, 0.1) is 19.8 Å². The Morgan fingerprint density at radius 1 is 1.54 bits per heavy atom. The molecule has 1 aliphatic rings. The SMILES string of the molecule is CC(C)N1CCC(COCCO)C1. The normalized spacial score (nSPS) is 24.5. The van der Waals surface area contributed by atoms with Gasteiger partial charge in [-0.2, -0.15) is 0 Å². The lowest BCUT2D eigenvalue weighted by atomic mass is 10.1. The van der Waals surface area contributed by atoms with Gasteiger partial charge in [-0.3, -0.25) is 0 Å². The Labute approximate surface area is 80.7 Å². The van der Waals surface area contributed by atoms with Crippen molar-refractivity contribution in [3.05, 3.63) is 0 Å². The van der Waals surface area contributed by atoms with Gasteiger partial charge in [0.25, 0.3) is 0 Å². The molecule has 0 aromatic carbocycles. The third kappa shape index (κ3) is 3.63. The summed E-state index contributed by atoms with van der Waals surface area (Å²) in [4.78, 5) is 2.48. The summed E-state index contributed by atoms with van der Waals surface area (Å²) in [5.41, 5.74) is 0. The first-order valence-corrected chi connectivity index (χ1v) is 5.16. The van der Waals surface area contributed by atoms with Gasteiger partial charge in [-0.05, 0) is 32.7 Å². The van der Waals surface area contributed by atoms with Crippen molar-refractivity contribution in [1.29, 1.82) is 0 Å². The fourth-order valence-electron chi connectivity index (χ4n) is 1.78. The van der Waals surface area contributed by atoms with E-state index in [9.17, 15) is 0 Å². The van der Waals surface area contributed by atoms with Crippen LogP contribution < -0.4 is 0 Å². The summed E-state index contributed by atoms with van der Waals surface area (Å²) >= 11 is 0. The molecule has 1 rings (SSSR count). The van der Waals surface area contributed by atoms with Crippen LogP contribution in [-0.2, 0) is 4.74 Å². The predicted molar refractivity (Wildman–Crippen MR) is 52.7 cm³/mol. The van der Waals surface area contributed by atoms with Crippen molar-refractivity contribution in [2.75, 3.05) is 32.9 Å². The highest BCUT2D eigenvalue weighted by Gasteiger charge is 2.23. The largest absolute Gasteiger partial charge is 0.394 e. The van der Waals surface area contributed by atoms with Gasteiger partial charge in [-0.15, -0.1) is 0 Å². The molecule has 0 spiro atoms. The van der Waals surface area contributed by atoms with Crippen LogP contribution in [0.15, 0.2) is 0 Å². The van der Waals surface area contributed by atoms with Crippen molar-refractivity contribution in [1.82, 2.24) is 4.90 Å². The molecule has 78 valence electrons. The molecule has 0 aromatic heterocycles. The molecular formula is C10H21NO2. The first kappa shape index (κ1) is 11.0. The Kier molecular flexibility index (Phi) is 4.70. The standard InChI is InChI=1S/C10H21NO2/c1-9(2)11-4-3-10(7-11)8-13-6-5-12/h9-10,12H,3-8H2,1-2H3. The Hall–Kier alpha value is -0.120. The van der Waals surface area contributed by atoms with Crippen molar-refractivity contribution in [3.8, 4) is 0 Å². The highest BCUT2D eigenvalue weighted by Crippen LogP contribution is 2.18. The molecule has 1 heterocycles. The summed E-state index contributed by atoms with van der Waals surface area (Å²) in [6, 6.07) is 0.655. The number of ether oxygens (including phenoxy) is 1. The maximum absolute atomic E-state index is 8.54. The van der Waals surface area contributed by atoms with Gasteiger partial charge in [0.15, 0.2) is 0 Å². The molecule has 1 saturated heterocycles. The van der Waals surface area contributed by atoms with Crippen molar-refractivity contribution in [2.45, 2.75) is 26.3 Å². The Bertz CT molecular complexity index is 139. The number of likely N-dealkylation sites (tertiary alicyclic amines) is 1. The van der Waals surface area contributed by atoms with E-state index in [0.29, 0.717) is 18.6 Å². The third-order valence-electron chi connectivity index (χ3n) is 2.64. The molecule has 1 aliphatic heterocycles. The summed E-state index contributed by atoms with van der Waals surface area (Å²) in [6.45, 7) is 8.25. The minimum absolute atomic E-state index is 0.139. The number of nitrogens with zero attached hydrogens (tertiary/aromatic N) is 1. The number of aliphatic hydroxyl groups is 1. The lowest BCUT2D eigenvalue weighted by Crippen LogP contribution is -2.28. The molecule has 0 aliphatic carbocycles. The molecule has 1 fully saturated rings. The predicted octanol–water partition coefficient (Wildman–Crippen LogP) is 0.726. The van der Waals surface area contributed by atoms with Gasteiger partial charge in [0.1, 0.15) is 0 Å². The molecule has 1 N–H and O–H groups in total. The average molecular weight is 187 g/mol. The Balaban J connectivity index is 2.10. The van der Waals surface area contributed by atoms with E-state index in [1.807, 2.05) is 0 Å². The molecule has 1 atom stereocenters. The maximum Gasteiger partial charge on any atom is 0.0697 e. The highest BCUT2D eigenvalue weighted by molar-refractivity contribution is 4.77. The van der Waals surface area contributed by atoms with Crippen LogP contribution in [0.5, 0.6) is 0 Å². The van der Waals surface area contributed by atoms with Crippen LogP contribution in [0.25, 0.3) is 0 Å². The van der Waals surface area contributed by atoms with Crippen LogP contribution in [0.4, 0.5) is 0 Å². The van der Waals surface area contributed by atoms with Crippen molar-refractivity contribution in [3.63, 3.8) is 0 Å². The van der Waals surface area contributed by atoms with Gasteiger partial charge in [-0.1, -0.05) is 0 Å². The van der Waals surface area contributed by atoms with Crippen LogP contribution in [0.2, 0.25) is 0 Å². The fourth-order valence-corrected chi connectivity index (χ4v) is 1.78. The molecular weight excluding hydrogens is 166 g/mol. The monoisotopic (exact) mass is 187 g/mol. The molecule has 0 saturated carbocycles. The van der Waals surface area contributed by atoms with Gasteiger partial charge in [-0.25, -0.2) is 0 Å². The lowest BCUT2D eigenvalue weighted by molar-refractivity contribution is 0.0684. The molecule has 3 nitrogen and oxygen atoms in total. The number of rotatable bonds is 5. The quantitative estimate of drug-likeness (QED) is 0.644. The summed E-state index contributed by atoms with van der Waals surface area (Å²) in [5.74, 6) is 0.675. The summed E-state index contributed by atoms with van der Waals surface area (Å²) < 4.78 is 5.32. The van der Waals surface area contributed by atoms with Gasteiger partial charge in [0.2, 0.25) is 0 Å². The first-order chi connectivity index (χ1) is 6.24. The molecule has 1 unspecified atom stereocenters. The maximum atomic E-state index is 8.54. The number of hydrogen-bond donors (Lipinski definition) is 1. The molecule has 3 heteroatoms. The van der Waals surface area contributed by atoms with E-state index < -0.39 is 0 Å². The fraction of sp³-hybridized carbons (Fsp3) is 1.00. The van der Waals surface area contributed by atoms with E-state index >= 15 is 0 Å². The van der Waals surface area contributed by atoms with Crippen molar-refractivity contribution in [2.24, 2.45) is 5.92 Å². The van der Waals surface area contributed by atoms with Crippen molar-refractivity contribution >= 4 is 0 Å². The topological polar surface area (TPSA) is 32.7 Å². The van der Waals surface area contributed by atoms with Crippen LogP contribution in [0, 0.1) is 5.92 Å². The molecule has 0 amide bonds. The zero-order valence-corrected chi connectivity index (χ0v) is 8.70. The van der Waals surface area contributed by atoms with Crippen molar-refractivity contribution < 1.29 is 9.84 Å². The highest BCUT2D eigenvalue weighted by atomic mass is 16.5. The van der Waals surface area contributed by atoms with E-state index in [0.717, 1.165) is 13.2 Å². The average Bonchev–Trinajstić information content (AvgIpc) is 2.53. The van der Waals surface area contributed by atoms with Gasteiger partial charge < -0.3 is 14.7 Å². The zero-order valence-electron chi connectivity index (χ0n) is 8.70. The second-order valence-electron chi connectivity index (χ2n) is 4.04. The Morgan fingerprint density at radius 2 is 2.31 bits per heavy atom. The second-order valence-corrected chi connectivity index (χ2v) is 4.04. The van der Waals surface area contributed by atoms with Gasteiger partial charge in [0, 0.05) is 12.6 Å². The summed E-state index contributed by atoms with van der Waals surface area (Å²) in [6.07, 6.45) is 1.24. The molecule has 0 aromatic rings. The number of aliphatic hydroxyl groups excluding tert-OH is 1. The minimum Gasteiger partial charge on any atom is -0.394 e. The number of hydrogen-bond acceptors (Lipinski definition) is 3. The zero-order chi connectivity index (χ0) is 9.68. The van der Waals surface area contributed by atoms with E-state index in [2.05, 4.69) is 18.7 Å². The van der Waals surface area contributed by atoms with E-state index in [4.69, 9.17) is 9.84 Å². The van der Waals surface area contributed by atoms with E-state index in [1.54, 1.807) is 0 Å². The van der Waals surface area contributed by atoms with Gasteiger partial charge >= 0.3 is 0 Å². The lowest BCUT2D eigenvalue weighted by Gasteiger charge is -2.20. The summed E-state index contributed by atoms with van der Waals surface area (Å²) in [5, 5.41) is 8.54. The Morgan fingerprint density at radius 3 is 2.85 bits per heavy atom. The van der Waals surface area contributed by atoms with E-state index in [-0.39, 0.29) is 6.61 Å². The molecule has 13 heavy (non-hydrogen) atoms. The molecule has 0 radical (unpaired) electrons. The van der Waals surface area contributed by atoms with Crippen LogP contribution in [0.1, 0.15) is 20.3 Å². The summed E-state index contributed by atoms with van der Waals surface area (Å²) in [7, 11) is 0. The van der Waals surface area contributed by atoms with Crippen LogP contribution >= 0.6 is 0 Å². The first-order valence-electron chi connectivity index (χ1n) is 5.16. The smallest absolute Gasteiger partial charge is 0.0697 e. The van der Waals surface area contributed by atoms with Crippen LogP contribution in [0.3, 0.4) is 0 Å². The molecule has 0 bridgehead atoms. The van der Waals surface area contributed by atoms with E-state index in [1.165, 1.54) is 13.0 Å². The van der Waals surface area contributed by atoms with Crippen LogP contribution in [-0.4, -0.2) is 49.0 Å². The third-order valence-corrected chi connectivity index (χ3v) is 2.64.